The molecule has 0 saturated heterocycles. The monoisotopic (exact) mass is 628 g/mol. The van der Waals surface area contributed by atoms with Crippen LogP contribution in [0.3, 0.4) is 0 Å². The van der Waals surface area contributed by atoms with Crippen molar-refractivity contribution in [2.24, 2.45) is 0 Å². The molecule has 10 rings (SSSR count). The van der Waals surface area contributed by atoms with E-state index in [4.69, 9.17) is 0 Å². The van der Waals surface area contributed by atoms with Gasteiger partial charge in [0.2, 0.25) is 0 Å². The maximum atomic E-state index is 2.47. The molecule has 0 fully saturated rings. The molecule has 49 heavy (non-hydrogen) atoms. The van der Waals surface area contributed by atoms with Crippen LogP contribution in [-0.2, 0) is 5.41 Å². The van der Waals surface area contributed by atoms with Gasteiger partial charge >= 0.3 is 0 Å². The first-order chi connectivity index (χ1) is 24.0. The standard InChI is InChI=1S/C47H36N2/c1-4-48(33-23-20-31(21-24-33)30-12-6-5-7-13-30)34-25-27-37-36-26-22-32(28-41(36)47(2,3)42(37)29-34)35-15-11-19-44-45(35)40-17-10-16-39-38-14-8-9-18-43(38)49(44)46(39)40/h5-29H,4H2,1-3H3. The van der Waals surface area contributed by atoms with E-state index in [-0.39, 0.29) is 5.41 Å². The lowest BCUT2D eigenvalue weighted by Gasteiger charge is -2.27. The molecular weight excluding hydrogens is 593 g/mol. The average molecular weight is 629 g/mol. The van der Waals surface area contributed by atoms with Crippen LogP contribution in [0, 0.1) is 0 Å². The average Bonchev–Trinajstić information content (AvgIpc) is 3.75. The van der Waals surface area contributed by atoms with Gasteiger partial charge in [0.15, 0.2) is 0 Å². The van der Waals surface area contributed by atoms with Crippen LogP contribution >= 0.6 is 0 Å². The van der Waals surface area contributed by atoms with Gasteiger partial charge in [-0.05, 0) is 93.9 Å². The molecule has 0 amide bonds. The molecule has 0 radical (unpaired) electrons. The quantitative estimate of drug-likeness (QED) is 0.184. The smallest absolute Gasteiger partial charge is 0.0620 e. The Morgan fingerprint density at radius 1 is 0.490 bits per heavy atom. The van der Waals surface area contributed by atoms with Gasteiger partial charge in [0.05, 0.1) is 16.6 Å². The van der Waals surface area contributed by atoms with Crippen LogP contribution in [0.5, 0.6) is 0 Å². The van der Waals surface area contributed by atoms with E-state index in [1.54, 1.807) is 0 Å². The van der Waals surface area contributed by atoms with Gasteiger partial charge in [-0.3, -0.25) is 0 Å². The van der Waals surface area contributed by atoms with Crippen molar-refractivity contribution in [3.8, 4) is 33.4 Å². The minimum atomic E-state index is -0.132. The zero-order chi connectivity index (χ0) is 32.9. The summed E-state index contributed by atoms with van der Waals surface area (Å²) in [6.07, 6.45) is 0. The summed E-state index contributed by atoms with van der Waals surface area (Å²) in [5, 5.41) is 5.30. The van der Waals surface area contributed by atoms with Crippen LogP contribution in [0.15, 0.2) is 152 Å². The van der Waals surface area contributed by atoms with E-state index in [2.05, 4.69) is 182 Å². The highest BCUT2D eigenvalue weighted by molar-refractivity contribution is 6.25. The predicted octanol–water partition coefficient (Wildman–Crippen LogP) is 12.6. The molecule has 0 unspecified atom stereocenters. The number of hydrogen-bond donors (Lipinski definition) is 0. The fourth-order valence-electron chi connectivity index (χ4n) is 8.76. The minimum absolute atomic E-state index is 0.132. The lowest BCUT2D eigenvalue weighted by molar-refractivity contribution is 0.660. The van der Waals surface area contributed by atoms with Gasteiger partial charge < -0.3 is 9.30 Å². The van der Waals surface area contributed by atoms with Gasteiger partial charge in [0.1, 0.15) is 0 Å². The Morgan fingerprint density at radius 2 is 1.10 bits per heavy atom. The Morgan fingerprint density at radius 3 is 1.92 bits per heavy atom. The highest BCUT2D eigenvalue weighted by atomic mass is 15.1. The number of aromatic nitrogens is 1. The third-order valence-electron chi connectivity index (χ3n) is 11.1. The highest BCUT2D eigenvalue weighted by Crippen LogP contribution is 2.52. The molecule has 1 aliphatic carbocycles. The van der Waals surface area contributed by atoms with E-state index in [9.17, 15) is 0 Å². The summed E-state index contributed by atoms with van der Waals surface area (Å²) in [6, 6.07) is 56.3. The molecule has 2 nitrogen and oxygen atoms in total. The van der Waals surface area contributed by atoms with Gasteiger partial charge in [-0.25, -0.2) is 0 Å². The first-order valence-electron chi connectivity index (χ1n) is 17.4. The molecule has 0 atom stereocenters. The number of hydrogen-bond acceptors (Lipinski definition) is 1. The molecule has 7 aromatic carbocycles. The summed E-state index contributed by atoms with van der Waals surface area (Å²) in [4.78, 5) is 2.42. The van der Waals surface area contributed by atoms with Crippen molar-refractivity contribution in [3.05, 3.63) is 163 Å². The van der Waals surface area contributed by atoms with Crippen molar-refractivity contribution in [1.82, 2.24) is 4.40 Å². The van der Waals surface area contributed by atoms with Crippen LogP contribution in [0.25, 0.3) is 71.5 Å². The lowest BCUT2D eigenvalue weighted by Crippen LogP contribution is -2.19. The molecular formula is C47H36N2. The topological polar surface area (TPSA) is 7.65 Å². The Bertz CT molecular complexity index is 2710. The second-order valence-electron chi connectivity index (χ2n) is 14.0. The Kier molecular flexibility index (Phi) is 5.93. The maximum absolute atomic E-state index is 2.47. The summed E-state index contributed by atoms with van der Waals surface area (Å²) in [7, 11) is 0. The van der Waals surface area contributed by atoms with Gasteiger partial charge in [-0.2, -0.15) is 0 Å². The van der Waals surface area contributed by atoms with E-state index in [1.165, 1.54) is 94.0 Å². The van der Waals surface area contributed by atoms with Crippen molar-refractivity contribution in [2.75, 3.05) is 11.4 Å². The third kappa shape index (κ3) is 3.95. The summed E-state index contributed by atoms with van der Waals surface area (Å²) >= 11 is 0. The lowest BCUT2D eigenvalue weighted by atomic mass is 9.81. The Labute approximate surface area is 286 Å². The number of benzene rings is 7. The second-order valence-corrected chi connectivity index (χ2v) is 14.0. The molecule has 9 aromatic rings. The zero-order valence-corrected chi connectivity index (χ0v) is 28.0. The molecule has 2 aromatic heterocycles. The maximum Gasteiger partial charge on any atom is 0.0620 e. The summed E-state index contributed by atoms with van der Waals surface area (Å²) in [6.45, 7) is 7.92. The summed E-state index contributed by atoms with van der Waals surface area (Å²) in [5.74, 6) is 0. The number of fused-ring (bicyclic) bond motifs is 9. The number of anilines is 2. The fourth-order valence-corrected chi connectivity index (χ4v) is 8.76. The SMILES string of the molecule is CCN(c1ccc(-c2ccccc2)cc1)c1ccc2c(c1)C(C)(C)c1cc(-c3cccc4c3c3cccc5c6ccccc6n4c53)ccc1-2. The normalized spacial score (nSPS) is 13.4. The van der Waals surface area contributed by atoms with Crippen LogP contribution in [0.1, 0.15) is 31.9 Å². The third-order valence-corrected chi connectivity index (χ3v) is 11.1. The molecule has 0 N–H and O–H groups in total. The van der Waals surface area contributed by atoms with E-state index in [0.29, 0.717) is 0 Å². The number of para-hydroxylation sites is 2. The largest absolute Gasteiger partial charge is 0.342 e. The van der Waals surface area contributed by atoms with Crippen LogP contribution in [-0.4, -0.2) is 10.9 Å². The Hall–Kier alpha value is -5.86. The molecule has 2 heterocycles. The first kappa shape index (κ1) is 28.2. The van der Waals surface area contributed by atoms with E-state index in [0.717, 1.165) is 6.54 Å². The van der Waals surface area contributed by atoms with Crippen LogP contribution < -0.4 is 4.90 Å². The molecule has 0 saturated carbocycles. The van der Waals surface area contributed by atoms with Crippen molar-refractivity contribution in [3.63, 3.8) is 0 Å². The van der Waals surface area contributed by atoms with Crippen LogP contribution in [0.4, 0.5) is 11.4 Å². The second kappa shape index (κ2) is 10.3. The van der Waals surface area contributed by atoms with E-state index in [1.807, 2.05) is 0 Å². The molecule has 0 aliphatic heterocycles. The van der Waals surface area contributed by atoms with Gasteiger partial charge in [0, 0.05) is 44.9 Å². The van der Waals surface area contributed by atoms with Gasteiger partial charge in [0.25, 0.3) is 0 Å². The molecule has 1 aliphatic rings. The van der Waals surface area contributed by atoms with Crippen molar-refractivity contribution < 1.29 is 0 Å². The zero-order valence-electron chi connectivity index (χ0n) is 28.0. The predicted molar refractivity (Wildman–Crippen MR) is 209 cm³/mol. The summed E-state index contributed by atoms with van der Waals surface area (Å²) in [5.41, 5.74) is 16.7. The Balaban J connectivity index is 1.06. The van der Waals surface area contributed by atoms with Crippen molar-refractivity contribution in [1.29, 1.82) is 0 Å². The molecule has 0 spiro atoms. The van der Waals surface area contributed by atoms with Crippen LogP contribution in [0.2, 0.25) is 0 Å². The van der Waals surface area contributed by atoms with E-state index >= 15 is 0 Å². The molecule has 0 bridgehead atoms. The van der Waals surface area contributed by atoms with E-state index < -0.39 is 0 Å². The fraction of sp³-hybridized carbons (Fsp3) is 0.106. The van der Waals surface area contributed by atoms with Gasteiger partial charge in [-0.1, -0.05) is 123 Å². The molecule has 234 valence electrons. The first-order valence-corrected chi connectivity index (χ1v) is 17.4. The van der Waals surface area contributed by atoms with Crippen molar-refractivity contribution in [2.45, 2.75) is 26.2 Å². The number of nitrogens with zero attached hydrogens (tertiary/aromatic N) is 2. The highest BCUT2D eigenvalue weighted by Gasteiger charge is 2.36. The minimum Gasteiger partial charge on any atom is -0.342 e. The molecule has 2 heteroatoms. The summed E-state index contributed by atoms with van der Waals surface area (Å²) < 4.78 is 2.47. The number of rotatable bonds is 5. The van der Waals surface area contributed by atoms with Crippen molar-refractivity contribution >= 4 is 49.5 Å². The van der Waals surface area contributed by atoms with Gasteiger partial charge in [-0.15, -0.1) is 0 Å².